The van der Waals surface area contributed by atoms with E-state index in [-0.39, 0.29) is 24.4 Å². The summed E-state index contributed by atoms with van der Waals surface area (Å²) in [4.78, 5) is 33.3. The molecule has 1 aliphatic carbocycles. The number of halogens is 2. The number of carbonyl (C=O) groups excluding carboxylic acids is 1. The molecule has 1 saturated carbocycles. The lowest BCUT2D eigenvalue weighted by atomic mass is 10.0. The number of benzene rings is 1. The van der Waals surface area contributed by atoms with Crippen LogP contribution in [0.3, 0.4) is 0 Å². The molecule has 5 rings (SSSR count). The second-order valence-corrected chi connectivity index (χ2v) is 9.78. The number of hydrogen-bond acceptors (Lipinski definition) is 8. The van der Waals surface area contributed by atoms with Crippen LogP contribution in [0.4, 0.5) is 5.69 Å². The van der Waals surface area contributed by atoms with Crippen LogP contribution < -0.4 is 16.4 Å². The zero-order chi connectivity index (χ0) is 25.2. The van der Waals surface area contributed by atoms with E-state index in [1.54, 1.807) is 30.5 Å². The predicted octanol–water partition coefficient (Wildman–Crippen LogP) is 4.07. The van der Waals surface area contributed by atoms with E-state index in [0.29, 0.717) is 38.4 Å². The SMILES string of the molecule is NC(=C(COC1CCN(c2ccc(-c3noc(=O)[nH]3)nc2)CC1)C(=O)C1CC1)c1c(Cl)cccc1Cl. The van der Waals surface area contributed by atoms with Crippen molar-refractivity contribution in [1.82, 2.24) is 15.1 Å². The van der Waals surface area contributed by atoms with Gasteiger partial charge in [-0.3, -0.25) is 19.3 Å². The van der Waals surface area contributed by atoms with Crippen molar-refractivity contribution in [3.05, 3.63) is 68.3 Å². The molecule has 1 aliphatic heterocycles. The Kier molecular flexibility index (Phi) is 7.13. The molecule has 3 aromatic rings. The maximum absolute atomic E-state index is 13.0. The highest BCUT2D eigenvalue weighted by Crippen LogP contribution is 2.36. The van der Waals surface area contributed by atoms with Crippen molar-refractivity contribution in [2.75, 3.05) is 24.6 Å². The molecule has 9 nitrogen and oxygen atoms in total. The number of rotatable bonds is 8. The fourth-order valence-corrected chi connectivity index (χ4v) is 4.92. The van der Waals surface area contributed by atoms with E-state index in [1.807, 2.05) is 6.07 Å². The molecular weight excluding hydrogens is 505 g/mol. The molecule has 1 aromatic carbocycles. The normalized spacial score (nSPS) is 17.2. The number of nitrogens with two attached hydrogens (primary N) is 1. The number of ketones is 1. The van der Waals surface area contributed by atoms with Gasteiger partial charge in [-0.05, 0) is 49.9 Å². The number of hydrogen-bond donors (Lipinski definition) is 2. The first-order valence-electron chi connectivity index (χ1n) is 11.8. The molecular formula is C25H25Cl2N5O4. The van der Waals surface area contributed by atoms with Gasteiger partial charge in [-0.2, -0.15) is 0 Å². The first kappa shape index (κ1) is 24.5. The Bertz CT molecular complexity index is 1320. The second kappa shape index (κ2) is 10.5. The van der Waals surface area contributed by atoms with Crippen molar-refractivity contribution >= 4 is 40.4 Å². The van der Waals surface area contributed by atoms with Gasteiger partial charge in [0.05, 0.1) is 40.3 Å². The standard InChI is InChI=1S/C25H25Cl2N5O4/c26-18-2-1-3-19(27)21(18)22(28)17(23(33)14-4-5-14)13-35-16-8-10-32(11-9-16)15-6-7-20(29-12-15)24-30-25(34)36-31-24/h1-3,6-7,12,14,16H,4-5,8-11,13,28H2,(H,30,31,34). The summed E-state index contributed by atoms with van der Waals surface area (Å²) < 4.78 is 10.7. The Hall–Kier alpha value is -3.14. The number of anilines is 1. The number of carbonyl (C=O) groups is 1. The van der Waals surface area contributed by atoms with Gasteiger partial charge in [0, 0.05) is 30.1 Å². The smallest absolute Gasteiger partial charge is 0.398 e. The first-order valence-corrected chi connectivity index (χ1v) is 12.5. The molecule has 3 heterocycles. The van der Waals surface area contributed by atoms with Crippen LogP contribution in [0.2, 0.25) is 10.0 Å². The molecule has 0 bridgehead atoms. The summed E-state index contributed by atoms with van der Waals surface area (Å²) in [5.41, 5.74) is 9.15. The maximum atomic E-state index is 13.0. The van der Waals surface area contributed by atoms with Crippen molar-refractivity contribution in [1.29, 1.82) is 0 Å². The maximum Gasteiger partial charge on any atom is 0.439 e. The largest absolute Gasteiger partial charge is 0.439 e. The van der Waals surface area contributed by atoms with Crippen LogP contribution >= 0.6 is 23.2 Å². The highest BCUT2D eigenvalue weighted by molar-refractivity contribution is 6.37. The topological polar surface area (TPSA) is 127 Å². The van der Waals surface area contributed by atoms with Crippen molar-refractivity contribution < 1.29 is 14.1 Å². The fraction of sp³-hybridized carbons (Fsp3) is 0.360. The predicted molar refractivity (Wildman–Crippen MR) is 137 cm³/mol. The van der Waals surface area contributed by atoms with E-state index in [1.165, 1.54) is 0 Å². The summed E-state index contributed by atoms with van der Waals surface area (Å²) in [6.45, 7) is 1.67. The van der Waals surface area contributed by atoms with Crippen molar-refractivity contribution in [2.45, 2.75) is 31.8 Å². The Morgan fingerprint density at radius 2 is 1.86 bits per heavy atom. The molecule has 188 valence electrons. The summed E-state index contributed by atoms with van der Waals surface area (Å²) in [7, 11) is 0. The highest BCUT2D eigenvalue weighted by atomic mass is 35.5. The minimum Gasteiger partial charge on any atom is -0.398 e. The molecule has 0 unspecified atom stereocenters. The molecule has 0 radical (unpaired) electrons. The zero-order valence-corrected chi connectivity index (χ0v) is 20.9. The van der Waals surface area contributed by atoms with Gasteiger partial charge in [0.1, 0.15) is 5.69 Å². The van der Waals surface area contributed by atoms with Crippen molar-refractivity contribution in [2.24, 2.45) is 11.7 Å². The second-order valence-electron chi connectivity index (χ2n) is 8.97. The van der Waals surface area contributed by atoms with Crippen LogP contribution in [-0.2, 0) is 9.53 Å². The van der Waals surface area contributed by atoms with E-state index >= 15 is 0 Å². The minimum atomic E-state index is -0.619. The fourth-order valence-electron chi connectivity index (χ4n) is 4.31. The number of nitrogens with one attached hydrogen (secondary N) is 1. The molecule has 36 heavy (non-hydrogen) atoms. The summed E-state index contributed by atoms with van der Waals surface area (Å²) in [6, 6.07) is 8.87. The van der Waals surface area contributed by atoms with Crippen LogP contribution in [0, 0.1) is 5.92 Å². The molecule has 2 aromatic heterocycles. The molecule has 1 saturated heterocycles. The Morgan fingerprint density at radius 3 is 2.44 bits per heavy atom. The van der Waals surface area contributed by atoms with Crippen LogP contribution in [0.5, 0.6) is 0 Å². The lowest BCUT2D eigenvalue weighted by Crippen LogP contribution is -2.37. The summed E-state index contributed by atoms with van der Waals surface area (Å²) in [6.07, 6.45) is 5.04. The average molecular weight is 530 g/mol. The van der Waals surface area contributed by atoms with E-state index in [9.17, 15) is 9.59 Å². The van der Waals surface area contributed by atoms with Crippen LogP contribution in [0.15, 0.2) is 51.4 Å². The molecule has 0 amide bonds. The number of aromatic nitrogens is 3. The van der Waals surface area contributed by atoms with Crippen molar-refractivity contribution in [3.8, 4) is 11.5 Å². The Balaban J connectivity index is 1.23. The lowest BCUT2D eigenvalue weighted by molar-refractivity contribution is -0.117. The van der Waals surface area contributed by atoms with Gasteiger partial charge in [-0.1, -0.05) is 34.4 Å². The van der Waals surface area contributed by atoms with E-state index in [4.69, 9.17) is 33.7 Å². The number of ether oxygens (including phenoxy) is 1. The van der Waals surface area contributed by atoms with Gasteiger partial charge in [0.25, 0.3) is 0 Å². The van der Waals surface area contributed by atoms with E-state index in [0.717, 1.165) is 44.5 Å². The zero-order valence-electron chi connectivity index (χ0n) is 19.4. The first-order chi connectivity index (χ1) is 17.4. The summed E-state index contributed by atoms with van der Waals surface area (Å²) in [5, 5.41) is 4.47. The number of piperidine rings is 1. The van der Waals surface area contributed by atoms with Gasteiger partial charge >= 0.3 is 5.76 Å². The average Bonchev–Trinajstić information content (AvgIpc) is 3.64. The third-order valence-electron chi connectivity index (χ3n) is 6.50. The van der Waals surface area contributed by atoms with Gasteiger partial charge in [-0.15, -0.1) is 0 Å². The number of H-pyrrole nitrogens is 1. The molecule has 2 aliphatic rings. The van der Waals surface area contributed by atoms with Crippen LogP contribution in [0.25, 0.3) is 17.2 Å². The molecule has 3 N–H and O–H groups in total. The monoisotopic (exact) mass is 529 g/mol. The number of Topliss-reactive ketones (excluding diaryl/α,β-unsaturated/α-hetero) is 1. The van der Waals surface area contributed by atoms with Gasteiger partial charge in [0.15, 0.2) is 5.78 Å². The van der Waals surface area contributed by atoms with E-state index in [2.05, 4.69) is 24.5 Å². The third kappa shape index (κ3) is 5.33. The van der Waals surface area contributed by atoms with E-state index < -0.39 is 5.76 Å². The van der Waals surface area contributed by atoms with Crippen LogP contribution in [-0.4, -0.2) is 46.7 Å². The van der Waals surface area contributed by atoms with Crippen molar-refractivity contribution in [3.63, 3.8) is 0 Å². The summed E-state index contributed by atoms with van der Waals surface area (Å²) >= 11 is 12.7. The highest BCUT2D eigenvalue weighted by Gasteiger charge is 2.34. The lowest BCUT2D eigenvalue weighted by Gasteiger charge is -2.33. The molecule has 0 spiro atoms. The Labute approximate surface area is 217 Å². The quantitative estimate of drug-likeness (QED) is 0.418. The van der Waals surface area contributed by atoms with Gasteiger partial charge in [-0.25, -0.2) is 4.79 Å². The Morgan fingerprint density at radius 1 is 1.14 bits per heavy atom. The number of aromatic amines is 1. The summed E-state index contributed by atoms with van der Waals surface area (Å²) in [5.74, 6) is -0.316. The minimum absolute atomic E-state index is 0.00388. The van der Waals surface area contributed by atoms with Gasteiger partial charge < -0.3 is 15.4 Å². The van der Waals surface area contributed by atoms with Gasteiger partial charge in [0.2, 0.25) is 5.82 Å². The third-order valence-corrected chi connectivity index (χ3v) is 7.13. The molecule has 0 atom stereocenters. The number of nitrogens with zero attached hydrogens (tertiary/aromatic N) is 3. The molecule has 11 heteroatoms. The molecule has 2 fully saturated rings. The number of pyridine rings is 1. The van der Waals surface area contributed by atoms with Crippen LogP contribution in [0.1, 0.15) is 31.2 Å².